The van der Waals surface area contributed by atoms with Crippen LogP contribution in [0, 0.1) is 0 Å². The minimum absolute atomic E-state index is 0. The molecule has 2 N–H and O–H groups in total. The van der Waals surface area contributed by atoms with Crippen LogP contribution in [0.4, 0.5) is 0 Å². The molecule has 0 spiro atoms. The molecule has 0 amide bonds. The molecule has 1 saturated heterocycles. The van der Waals surface area contributed by atoms with Crippen LogP contribution in [0.2, 0.25) is 0 Å². The minimum Gasteiger partial charge on any atom is -0.326 e. The molecule has 0 aliphatic carbocycles. The smallest absolute Gasteiger partial charge is 0.0208 e. The predicted molar refractivity (Wildman–Crippen MR) is 82.9 cm³/mol. The van der Waals surface area contributed by atoms with E-state index >= 15 is 0 Å². The summed E-state index contributed by atoms with van der Waals surface area (Å²) in [5.41, 5.74) is 7.55. The van der Waals surface area contributed by atoms with Crippen LogP contribution in [0.25, 0.3) is 0 Å². The molecule has 1 aromatic rings. The molecular weight excluding hydrogens is 267 g/mol. The average molecular weight is 291 g/mol. The van der Waals surface area contributed by atoms with Crippen LogP contribution in [0.5, 0.6) is 0 Å². The quantitative estimate of drug-likeness (QED) is 0.924. The van der Waals surface area contributed by atoms with Gasteiger partial charge >= 0.3 is 0 Å². The van der Waals surface area contributed by atoms with Gasteiger partial charge in [0.05, 0.1) is 0 Å². The molecule has 2 rings (SSSR count). The first-order valence-corrected chi connectivity index (χ1v) is 6.36. The Hall–Kier alpha value is -0.280. The molecule has 1 atom stereocenters. The molecule has 1 heterocycles. The van der Waals surface area contributed by atoms with E-state index in [2.05, 4.69) is 35.2 Å². The van der Waals surface area contributed by atoms with Gasteiger partial charge in [-0.2, -0.15) is 0 Å². The standard InChI is InChI=1S/C14H22N2.2ClH/c15-14(11-13-7-3-1-4-8-13)12-16-9-5-2-6-10-16;;/h1,3-4,7-8,14H,2,5-6,9-12,15H2;2*1H. The van der Waals surface area contributed by atoms with Crippen LogP contribution in [0.3, 0.4) is 0 Å². The highest BCUT2D eigenvalue weighted by Crippen LogP contribution is 2.10. The summed E-state index contributed by atoms with van der Waals surface area (Å²) in [4.78, 5) is 2.51. The van der Waals surface area contributed by atoms with Crippen molar-refractivity contribution in [3.8, 4) is 0 Å². The van der Waals surface area contributed by atoms with Gasteiger partial charge in [-0.3, -0.25) is 0 Å². The van der Waals surface area contributed by atoms with Crippen molar-refractivity contribution in [2.45, 2.75) is 31.7 Å². The number of hydrogen-bond acceptors (Lipinski definition) is 2. The van der Waals surface area contributed by atoms with E-state index in [-0.39, 0.29) is 30.9 Å². The first-order valence-electron chi connectivity index (χ1n) is 6.36. The van der Waals surface area contributed by atoms with E-state index in [1.54, 1.807) is 0 Å². The Bertz CT molecular complexity index is 300. The van der Waals surface area contributed by atoms with Gasteiger partial charge in [0.15, 0.2) is 0 Å². The highest BCUT2D eigenvalue weighted by atomic mass is 35.5. The van der Waals surface area contributed by atoms with Crippen molar-refractivity contribution in [3.05, 3.63) is 35.9 Å². The molecule has 1 aliphatic heterocycles. The lowest BCUT2D eigenvalue weighted by atomic mass is 10.0. The molecule has 1 fully saturated rings. The summed E-state index contributed by atoms with van der Waals surface area (Å²) >= 11 is 0. The summed E-state index contributed by atoms with van der Waals surface area (Å²) in [6, 6.07) is 10.8. The van der Waals surface area contributed by atoms with Gasteiger partial charge in [0.1, 0.15) is 0 Å². The van der Waals surface area contributed by atoms with Crippen molar-refractivity contribution in [1.29, 1.82) is 0 Å². The Labute approximate surface area is 123 Å². The number of likely N-dealkylation sites (tertiary alicyclic amines) is 1. The molecule has 104 valence electrons. The monoisotopic (exact) mass is 290 g/mol. The normalized spacial score (nSPS) is 17.4. The summed E-state index contributed by atoms with van der Waals surface area (Å²) in [7, 11) is 0. The molecule has 0 saturated carbocycles. The van der Waals surface area contributed by atoms with Crippen molar-refractivity contribution in [2.75, 3.05) is 19.6 Å². The molecule has 0 bridgehead atoms. The van der Waals surface area contributed by atoms with E-state index in [4.69, 9.17) is 5.73 Å². The van der Waals surface area contributed by atoms with E-state index in [1.807, 2.05) is 0 Å². The van der Waals surface area contributed by atoms with Gasteiger partial charge in [-0.1, -0.05) is 36.8 Å². The maximum absolute atomic E-state index is 6.19. The fourth-order valence-electron chi connectivity index (χ4n) is 2.46. The fourth-order valence-corrected chi connectivity index (χ4v) is 2.46. The van der Waals surface area contributed by atoms with Crippen molar-refractivity contribution >= 4 is 24.8 Å². The molecule has 0 radical (unpaired) electrons. The van der Waals surface area contributed by atoms with Crippen LogP contribution in [0.15, 0.2) is 30.3 Å². The molecular formula is C14H24Cl2N2. The lowest BCUT2D eigenvalue weighted by molar-refractivity contribution is 0.215. The second-order valence-electron chi connectivity index (χ2n) is 4.81. The Morgan fingerprint density at radius 2 is 1.61 bits per heavy atom. The highest BCUT2D eigenvalue weighted by molar-refractivity contribution is 5.85. The minimum atomic E-state index is 0. The highest BCUT2D eigenvalue weighted by Gasteiger charge is 2.13. The number of benzene rings is 1. The van der Waals surface area contributed by atoms with Crippen LogP contribution >= 0.6 is 24.8 Å². The van der Waals surface area contributed by atoms with E-state index < -0.39 is 0 Å². The topological polar surface area (TPSA) is 29.3 Å². The molecule has 1 aromatic carbocycles. The van der Waals surface area contributed by atoms with Crippen molar-refractivity contribution in [2.24, 2.45) is 5.73 Å². The zero-order valence-corrected chi connectivity index (χ0v) is 12.4. The van der Waals surface area contributed by atoms with E-state index in [0.29, 0.717) is 0 Å². The Morgan fingerprint density at radius 3 is 2.22 bits per heavy atom. The number of hydrogen-bond donors (Lipinski definition) is 1. The fraction of sp³-hybridized carbons (Fsp3) is 0.571. The molecule has 1 aliphatic rings. The Kier molecular flexibility index (Phi) is 9.47. The van der Waals surface area contributed by atoms with Crippen LogP contribution < -0.4 is 5.73 Å². The zero-order chi connectivity index (χ0) is 11.2. The van der Waals surface area contributed by atoms with E-state index in [1.165, 1.54) is 37.9 Å². The summed E-state index contributed by atoms with van der Waals surface area (Å²) in [5, 5.41) is 0. The van der Waals surface area contributed by atoms with Crippen LogP contribution in [0.1, 0.15) is 24.8 Å². The van der Waals surface area contributed by atoms with Crippen molar-refractivity contribution in [1.82, 2.24) is 4.90 Å². The lowest BCUT2D eigenvalue weighted by Crippen LogP contribution is -2.41. The predicted octanol–water partition coefficient (Wildman–Crippen LogP) is 2.89. The first kappa shape index (κ1) is 17.7. The van der Waals surface area contributed by atoms with Gasteiger partial charge in [-0.15, -0.1) is 24.8 Å². The van der Waals surface area contributed by atoms with E-state index in [9.17, 15) is 0 Å². The molecule has 4 heteroatoms. The van der Waals surface area contributed by atoms with Gasteiger partial charge in [-0.05, 0) is 37.9 Å². The third-order valence-electron chi connectivity index (χ3n) is 3.28. The largest absolute Gasteiger partial charge is 0.326 e. The third-order valence-corrected chi connectivity index (χ3v) is 3.28. The zero-order valence-electron chi connectivity index (χ0n) is 10.8. The van der Waals surface area contributed by atoms with E-state index in [0.717, 1.165) is 13.0 Å². The summed E-state index contributed by atoms with van der Waals surface area (Å²) in [6.07, 6.45) is 5.08. The maximum Gasteiger partial charge on any atom is 0.0208 e. The number of nitrogens with zero attached hydrogens (tertiary/aromatic N) is 1. The lowest BCUT2D eigenvalue weighted by Gasteiger charge is -2.29. The average Bonchev–Trinajstić information content (AvgIpc) is 2.31. The van der Waals surface area contributed by atoms with Crippen molar-refractivity contribution in [3.63, 3.8) is 0 Å². The third kappa shape index (κ3) is 6.05. The summed E-state index contributed by atoms with van der Waals surface area (Å²) in [5.74, 6) is 0. The van der Waals surface area contributed by atoms with Crippen molar-refractivity contribution < 1.29 is 0 Å². The van der Waals surface area contributed by atoms with Gasteiger partial charge in [0.25, 0.3) is 0 Å². The van der Waals surface area contributed by atoms with Gasteiger partial charge in [0.2, 0.25) is 0 Å². The Balaban J connectivity index is 0.00000144. The number of nitrogens with two attached hydrogens (primary N) is 1. The van der Waals surface area contributed by atoms with Gasteiger partial charge in [0, 0.05) is 12.6 Å². The first-order chi connectivity index (χ1) is 7.84. The van der Waals surface area contributed by atoms with Gasteiger partial charge in [-0.25, -0.2) is 0 Å². The SMILES string of the molecule is Cl.Cl.NC(Cc1ccccc1)CN1CCCCC1. The second kappa shape index (κ2) is 9.62. The molecule has 1 unspecified atom stereocenters. The molecule has 0 aromatic heterocycles. The number of rotatable bonds is 4. The summed E-state index contributed by atoms with van der Waals surface area (Å²) in [6.45, 7) is 3.53. The van der Waals surface area contributed by atoms with Gasteiger partial charge < -0.3 is 10.6 Å². The number of halogens is 2. The maximum atomic E-state index is 6.19. The number of piperidine rings is 1. The van der Waals surface area contributed by atoms with Crippen LogP contribution in [-0.2, 0) is 6.42 Å². The Morgan fingerprint density at radius 1 is 1.00 bits per heavy atom. The molecule has 2 nitrogen and oxygen atoms in total. The molecule has 18 heavy (non-hydrogen) atoms. The second-order valence-corrected chi connectivity index (χ2v) is 4.81. The van der Waals surface area contributed by atoms with Crippen LogP contribution in [-0.4, -0.2) is 30.6 Å². The summed E-state index contributed by atoms with van der Waals surface area (Å²) < 4.78 is 0.